The quantitative estimate of drug-likeness (QED) is 0.830. The fraction of sp³-hybridized carbons (Fsp3) is 0.304. The van der Waals surface area contributed by atoms with Crippen molar-refractivity contribution >= 4 is 17.7 Å². The van der Waals surface area contributed by atoms with Crippen molar-refractivity contribution in [1.29, 1.82) is 5.26 Å². The summed E-state index contributed by atoms with van der Waals surface area (Å²) >= 11 is 1.36. The fourth-order valence-electron chi connectivity index (χ4n) is 3.91. The SMILES string of the molecule is CCOc1ccc([C@@]2(O)CSC3=C(C#N)[C@@H](c4ccc(C)cc4)CC(=O)N32)cc1. The molecule has 29 heavy (non-hydrogen) atoms. The van der Waals surface area contributed by atoms with Crippen LogP contribution in [0, 0.1) is 18.3 Å². The van der Waals surface area contributed by atoms with Gasteiger partial charge >= 0.3 is 0 Å². The second-order valence-corrected chi connectivity index (χ2v) is 8.25. The van der Waals surface area contributed by atoms with Gasteiger partial charge in [-0.05, 0) is 31.5 Å². The van der Waals surface area contributed by atoms with E-state index >= 15 is 0 Å². The number of fused-ring (bicyclic) bond motifs is 1. The van der Waals surface area contributed by atoms with E-state index in [0.717, 1.165) is 11.1 Å². The third-order valence-corrected chi connectivity index (χ3v) is 6.64. The number of nitriles is 1. The molecule has 148 valence electrons. The van der Waals surface area contributed by atoms with Gasteiger partial charge in [-0.2, -0.15) is 5.26 Å². The van der Waals surface area contributed by atoms with Crippen molar-refractivity contribution in [1.82, 2.24) is 4.90 Å². The van der Waals surface area contributed by atoms with Crippen molar-refractivity contribution < 1.29 is 14.6 Å². The summed E-state index contributed by atoms with van der Waals surface area (Å²) in [5.74, 6) is 0.539. The first-order valence-corrected chi connectivity index (χ1v) is 10.6. The number of carbonyl (C=O) groups is 1. The lowest BCUT2D eigenvalue weighted by atomic mass is 9.85. The first-order chi connectivity index (χ1) is 14.0. The van der Waals surface area contributed by atoms with E-state index < -0.39 is 5.72 Å². The predicted molar refractivity (Wildman–Crippen MR) is 112 cm³/mol. The summed E-state index contributed by atoms with van der Waals surface area (Å²) in [4.78, 5) is 14.5. The molecule has 0 radical (unpaired) electrons. The Balaban J connectivity index is 1.73. The fourth-order valence-corrected chi connectivity index (χ4v) is 5.27. The van der Waals surface area contributed by atoms with Crippen LogP contribution in [0.25, 0.3) is 0 Å². The zero-order chi connectivity index (χ0) is 20.6. The smallest absolute Gasteiger partial charge is 0.231 e. The van der Waals surface area contributed by atoms with Crippen LogP contribution in [-0.2, 0) is 10.5 Å². The van der Waals surface area contributed by atoms with E-state index in [1.807, 2.05) is 38.1 Å². The summed E-state index contributed by atoms with van der Waals surface area (Å²) < 4.78 is 5.47. The van der Waals surface area contributed by atoms with Gasteiger partial charge in [0.1, 0.15) is 5.75 Å². The van der Waals surface area contributed by atoms with Crippen molar-refractivity contribution in [3.63, 3.8) is 0 Å². The first kappa shape index (κ1) is 19.6. The van der Waals surface area contributed by atoms with Crippen LogP contribution in [0.3, 0.4) is 0 Å². The van der Waals surface area contributed by atoms with E-state index in [2.05, 4.69) is 6.07 Å². The maximum absolute atomic E-state index is 13.1. The second kappa shape index (κ2) is 7.58. The molecule has 0 unspecified atom stereocenters. The Bertz CT molecular complexity index is 1010. The highest BCUT2D eigenvalue weighted by Gasteiger charge is 2.51. The van der Waals surface area contributed by atoms with Gasteiger partial charge in [0.15, 0.2) is 5.72 Å². The molecule has 2 aliphatic heterocycles. The van der Waals surface area contributed by atoms with E-state index in [-0.39, 0.29) is 24.0 Å². The lowest BCUT2D eigenvalue weighted by Gasteiger charge is -2.38. The third kappa shape index (κ3) is 3.31. The maximum atomic E-state index is 13.1. The molecule has 0 saturated carbocycles. The minimum Gasteiger partial charge on any atom is -0.494 e. The number of nitrogens with zero attached hydrogens (tertiary/aromatic N) is 2. The normalized spacial score (nSPS) is 23.7. The lowest BCUT2D eigenvalue weighted by molar-refractivity contribution is -0.149. The van der Waals surface area contributed by atoms with Gasteiger partial charge in [-0.1, -0.05) is 42.0 Å². The molecule has 2 aromatic rings. The summed E-state index contributed by atoms with van der Waals surface area (Å²) in [6, 6.07) is 17.4. The molecule has 0 spiro atoms. The predicted octanol–water partition coefficient (Wildman–Crippen LogP) is 4.04. The molecule has 2 atom stereocenters. The molecule has 2 aliphatic rings. The molecule has 0 bridgehead atoms. The van der Waals surface area contributed by atoms with Gasteiger partial charge in [0, 0.05) is 17.9 Å². The number of carbonyl (C=O) groups excluding carboxylic acids is 1. The van der Waals surface area contributed by atoms with Crippen molar-refractivity contribution in [3.05, 3.63) is 75.8 Å². The van der Waals surface area contributed by atoms with Gasteiger partial charge in [-0.3, -0.25) is 9.69 Å². The van der Waals surface area contributed by atoms with E-state index in [1.54, 1.807) is 24.3 Å². The highest BCUT2D eigenvalue weighted by atomic mass is 32.2. The Labute approximate surface area is 174 Å². The summed E-state index contributed by atoms with van der Waals surface area (Å²) in [5.41, 5.74) is 1.76. The standard InChI is InChI=1S/C23H22N2O3S/c1-3-28-18-10-8-17(9-11-18)23(27)14-29-22-20(13-24)19(12-21(26)25(22)23)16-6-4-15(2)5-7-16/h4-11,19,27H,3,12,14H2,1-2H3/t19-,23+/m1/s1. The highest BCUT2D eigenvalue weighted by Crippen LogP contribution is 2.51. The minimum absolute atomic E-state index is 0.162. The molecule has 1 fully saturated rings. The minimum atomic E-state index is -1.47. The van der Waals surface area contributed by atoms with Gasteiger partial charge in [0.2, 0.25) is 5.91 Å². The summed E-state index contributed by atoms with van der Waals surface area (Å²) in [7, 11) is 0. The topological polar surface area (TPSA) is 73.6 Å². The Hall–Kier alpha value is -2.75. The maximum Gasteiger partial charge on any atom is 0.231 e. The molecule has 4 rings (SSSR count). The number of hydrogen-bond donors (Lipinski definition) is 1. The first-order valence-electron chi connectivity index (χ1n) is 9.60. The number of aryl methyl sites for hydroxylation is 1. The van der Waals surface area contributed by atoms with Crippen LogP contribution in [0.4, 0.5) is 0 Å². The molecule has 1 saturated heterocycles. The van der Waals surface area contributed by atoms with Gasteiger partial charge in [0.05, 0.1) is 29.0 Å². The number of benzene rings is 2. The molecule has 2 aromatic carbocycles. The molecule has 1 amide bonds. The number of aliphatic hydroxyl groups is 1. The van der Waals surface area contributed by atoms with Crippen LogP contribution >= 0.6 is 11.8 Å². The number of rotatable bonds is 4. The van der Waals surface area contributed by atoms with E-state index in [9.17, 15) is 15.2 Å². The van der Waals surface area contributed by atoms with Crippen LogP contribution in [-0.4, -0.2) is 28.3 Å². The molecule has 5 nitrogen and oxygen atoms in total. The lowest BCUT2D eigenvalue weighted by Crippen LogP contribution is -2.48. The van der Waals surface area contributed by atoms with Crippen LogP contribution in [0.5, 0.6) is 5.75 Å². The van der Waals surface area contributed by atoms with Gasteiger partial charge in [-0.15, -0.1) is 11.8 Å². The Morgan fingerprint density at radius 1 is 1.24 bits per heavy atom. The summed E-state index contributed by atoms with van der Waals surface area (Å²) in [6.07, 6.45) is 0.162. The van der Waals surface area contributed by atoms with Crippen LogP contribution in [0.15, 0.2) is 59.1 Å². The number of ether oxygens (including phenoxy) is 1. The van der Waals surface area contributed by atoms with Crippen LogP contribution in [0.1, 0.15) is 36.0 Å². The second-order valence-electron chi connectivity index (χ2n) is 7.29. The molecular formula is C23H22N2O3S. The van der Waals surface area contributed by atoms with E-state index in [0.29, 0.717) is 28.5 Å². The number of thioether (sulfide) groups is 1. The van der Waals surface area contributed by atoms with E-state index in [1.165, 1.54) is 16.7 Å². The van der Waals surface area contributed by atoms with Crippen molar-refractivity contribution in [2.24, 2.45) is 0 Å². The molecular weight excluding hydrogens is 384 g/mol. The van der Waals surface area contributed by atoms with Gasteiger partial charge in [-0.25, -0.2) is 0 Å². The number of amides is 1. The van der Waals surface area contributed by atoms with E-state index in [4.69, 9.17) is 4.74 Å². The van der Waals surface area contributed by atoms with Crippen molar-refractivity contribution in [2.75, 3.05) is 12.4 Å². The Morgan fingerprint density at radius 2 is 1.93 bits per heavy atom. The monoisotopic (exact) mass is 406 g/mol. The van der Waals surface area contributed by atoms with Crippen molar-refractivity contribution in [3.8, 4) is 11.8 Å². The molecule has 1 N–H and O–H groups in total. The largest absolute Gasteiger partial charge is 0.494 e. The molecule has 0 aromatic heterocycles. The third-order valence-electron chi connectivity index (χ3n) is 5.42. The highest BCUT2D eigenvalue weighted by molar-refractivity contribution is 8.03. The molecule has 2 heterocycles. The Kier molecular flexibility index (Phi) is 5.12. The average molecular weight is 407 g/mol. The van der Waals surface area contributed by atoms with Crippen LogP contribution < -0.4 is 4.74 Å². The number of allylic oxidation sites excluding steroid dienone is 1. The number of hydrogen-bond acceptors (Lipinski definition) is 5. The van der Waals surface area contributed by atoms with Gasteiger partial charge in [0.25, 0.3) is 0 Å². The van der Waals surface area contributed by atoms with Gasteiger partial charge < -0.3 is 9.84 Å². The molecule has 6 heteroatoms. The zero-order valence-corrected chi connectivity index (χ0v) is 17.2. The summed E-state index contributed by atoms with van der Waals surface area (Å²) in [6.45, 7) is 4.47. The Morgan fingerprint density at radius 3 is 2.55 bits per heavy atom. The molecule has 0 aliphatic carbocycles. The zero-order valence-electron chi connectivity index (χ0n) is 16.4. The van der Waals surface area contributed by atoms with Crippen LogP contribution in [0.2, 0.25) is 0 Å². The average Bonchev–Trinajstić information content (AvgIpc) is 3.08. The van der Waals surface area contributed by atoms with Crippen molar-refractivity contribution in [2.45, 2.75) is 31.9 Å². The summed E-state index contributed by atoms with van der Waals surface area (Å²) in [5, 5.41) is 21.9.